The number of nitrogens with one attached hydrogen (secondary N) is 2. The van der Waals surface area contributed by atoms with Crippen molar-refractivity contribution in [3.05, 3.63) is 0 Å². The summed E-state index contributed by atoms with van der Waals surface area (Å²) in [5, 5.41) is 5.66. The number of terminal acetylenes is 1. The van der Waals surface area contributed by atoms with Crippen molar-refractivity contribution in [2.24, 2.45) is 0 Å². The minimum Gasteiger partial charge on any atom is -0.344 e. The molecular weight excluding hydrogens is 140 g/mol. The van der Waals surface area contributed by atoms with Gasteiger partial charge in [-0.25, -0.2) is 0 Å². The fourth-order valence-electron chi connectivity index (χ4n) is 0.737. The lowest BCUT2D eigenvalue weighted by Gasteiger charge is -2.01. The molecule has 1 aliphatic carbocycles. The standard InChI is InChI=1S/C8H12N2O/c1-2-5-9-8(11)6-10-7-3-4-7/h1,7,10H,3-6H2,(H,9,11). The van der Waals surface area contributed by atoms with E-state index < -0.39 is 0 Å². The van der Waals surface area contributed by atoms with Gasteiger partial charge in [0.15, 0.2) is 0 Å². The molecule has 1 fully saturated rings. The molecule has 0 bridgehead atoms. The Bertz CT molecular complexity index is 179. The van der Waals surface area contributed by atoms with Crippen LogP contribution in [0.4, 0.5) is 0 Å². The fourth-order valence-corrected chi connectivity index (χ4v) is 0.737. The fraction of sp³-hybridized carbons (Fsp3) is 0.625. The zero-order valence-electron chi connectivity index (χ0n) is 6.39. The zero-order valence-corrected chi connectivity index (χ0v) is 6.39. The highest BCUT2D eigenvalue weighted by Gasteiger charge is 2.20. The second kappa shape index (κ2) is 3.99. The van der Waals surface area contributed by atoms with Gasteiger partial charge in [-0.05, 0) is 12.8 Å². The van der Waals surface area contributed by atoms with Gasteiger partial charge >= 0.3 is 0 Å². The number of hydrogen-bond donors (Lipinski definition) is 2. The van der Waals surface area contributed by atoms with Crippen LogP contribution in [0.25, 0.3) is 0 Å². The SMILES string of the molecule is C#CCNC(=O)CNC1CC1. The summed E-state index contributed by atoms with van der Waals surface area (Å²) >= 11 is 0. The quantitative estimate of drug-likeness (QED) is 0.533. The summed E-state index contributed by atoms with van der Waals surface area (Å²) in [5.74, 6) is 2.32. The van der Waals surface area contributed by atoms with E-state index in [-0.39, 0.29) is 5.91 Å². The molecule has 0 unspecified atom stereocenters. The van der Waals surface area contributed by atoms with Crippen LogP contribution in [0.2, 0.25) is 0 Å². The predicted octanol–water partition coefficient (Wildman–Crippen LogP) is -0.512. The predicted molar refractivity (Wildman–Crippen MR) is 42.9 cm³/mol. The van der Waals surface area contributed by atoms with Crippen molar-refractivity contribution in [1.82, 2.24) is 10.6 Å². The highest BCUT2D eigenvalue weighted by molar-refractivity contribution is 5.78. The molecule has 0 aromatic carbocycles. The van der Waals surface area contributed by atoms with E-state index in [1.54, 1.807) is 0 Å². The van der Waals surface area contributed by atoms with E-state index in [0.29, 0.717) is 19.1 Å². The van der Waals surface area contributed by atoms with Gasteiger partial charge in [-0.2, -0.15) is 0 Å². The minimum absolute atomic E-state index is 0.0187. The van der Waals surface area contributed by atoms with Gasteiger partial charge < -0.3 is 10.6 Å². The topological polar surface area (TPSA) is 41.1 Å². The summed E-state index contributed by atoms with van der Waals surface area (Å²) < 4.78 is 0. The maximum atomic E-state index is 10.9. The smallest absolute Gasteiger partial charge is 0.234 e. The number of rotatable bonds is 4. The Labute approximate surface area is 66.5 Å². The summed E-state index contributed by atoms with van der Waals surface area (Å²) in [6.45, 7) is 0.720. The summed E-state index contributed by atoms with van der Waals surface area (Å²) in [4.78, 5) is 10.9. The van der Waals surface area contributed by atoms with Crippen molar-refractivity contribution in [2.75, 3.05) is 13.1 Å². The van der Waals surface area contributed by atoms with E-state index in [2.05, 4.69) is 16.6 Å². The van der Waals surface area contributed by atoms with Crippen LogP contribution in [-0.4, -0.2) is 25.0 Å². The van der Waals surface area contributed by atoms with Crippen LogP contribution in [0.1, 0.15) is 12.8 Å². The largest absolute Gasteiger partial charge is 0.344 e. The first-order chi connectivity index (χ1) is 5.33. The molecule has 0 aliphatic heterocycles. The maximum Gasteiger partial charge on any atom is 0.234 e. The first-order valence-corrected chi connectivity index (χ1v) is 3.76. The third kappa shape index (κ3) is 3.64. The van der Waals surface area contributed by atoms with Crippen LogP contribution in [0.15, 0.2) is 0 Å². The van der Waals surface area contributed by atoms with E-state index in [0.717, 1.165) is 0 Å². The van der Waals surface area contributed by atoms with E-state index in [1.807, 2.05) is 0 Å². The lowest BCUT2D eigenvalue weighted by molar-refractivity contribution is -0.120. The molecule has 2 N–H and O–H groups in total. The molecule has 0 spiro atoms. The molecule has 11 heavy (non-hydrogen) atoms. The summed E-state index contributed by atoms with van der Waals surface area (Å²) in [6, 6.07) is 0.576. The molecule has 0 saturated heterocycles. The summed E-state index contributed by atoms with van der Waals surface area (Å²) in [6.07, 6.45) is 7.35. The molecule has 0 atom stereocenters. The van der Waals surface area contributed by atoms with Crippen LogP contribution in [-0.2, 0) is 4.79 Å². The van der Waals surface area contributed by atoms with Crippen molar-refractivity contribution in [3.63, 3.8) is 0 Å². The number of carbonyl (C=O) groups is 1. The maximum absolute atomic E-state index is 10.9. The summed E-state index contributed by atoms with van der Waals surface area (Å²) in [5.41, 5.74) is 0. The van der Waals surface area contributed by atoms with Crippen molar-refractivity contribution >= 4 is 5.91 Å². The molecule has 1 rings (SSSR count). The number of carbonyl (C=O) groups excluding carboxylic acids is 1. The van der Waals surface area contributed by atoms with Gasteiger partial charge in [0, 0.05) is 6.04 Å². The molecule has 0 heterocycles. The lowest BCUT2D eigenvalue weighted by atomic mass is 10.5. The van der Waals surface area contributed by atoms with Crippen LogP contribution < -0.4 is 10.6 Å². The van der Waals surface area contributed by atoms with Crippen molar-refractivity contribution in [2.45, 2.75) is 18.9 Å². The van der Waals surface area contributed by atoms with Gasteiger partial charge in [0.25, 0.3) is 0 Å². The number of hydrogen-bond acceptors (Lipinski definition) is 2. The average molecular weight is 152 g/mol. The molecule has 60 valence electrons. The highest BCUT2D eigenvalue weighted by atomic mass is 16.1. The molecule has 1 aliphatic rings. The Kier molecular flexibility index (Phi) is 2.94. The Hall–Kier alpha value is -1.01. The molecule has 1 amide bonds. The van der Waals surface area contributed by atoms with Crippen molar-refractivity contribution in [1.29, 1.82) is 0 Å². The van der Waals surface area contributed by atoms with Gasteiger partial charge in [-0.15, -0.1) is 6.42 Å². The van der Waals surface area contributed by atoms with Crippen molar-refractivity contribution < 1.29 is 4.79 Å². The molecular formula is C8H12N2O. The minimum atomic E-state index is -0.0187. The third-order valence-corrected chi connectivity index (χ3v) is 1.52. The second-order valence-corrected chi connectivity index (χ2v) is 2.64. The lowest BCUT2D eigenvalue weighted by Crippen LogP contribution is -2.34. The third-order valence-electron chi connectivity index (χ3n) is 1.52. The Morgan fingerprint density at radius 1 is 1.64 bits per heavy atom. The van der Waals surface area contributed by atoms with Crippen LogP contribution in [0.3, 0.4) is 0 Å². The van der Waals surface area contributed by atoms with Gasteiger partial charge in [0.2, 0.25) is 5.91 Å². The van der Waals surface area contributed by atoms with Crippen LogP contribution in [0.5, 0.6) is 0 Å². The van der Waals surface area contributed by atoms with E-state index in [4.69, 9.17) is 6.42 Å². The molecule has 0 aromatic rings. The molecule has 0 aromatic heterocycles. The molecule has 3 heteroatoms. The second-order valence-electron chi connectivity index (χ2n) is 2.64. The van der Waals surface area contributed by atoms with Crippen LogP contribution >= 0.6 is 0 Å². The Morgan fingerprint density at radius 3 is 2.91 bits per heavy atom. The monoisotopic (exact) mass is 152 g/mol. The highest BCUT2D eigenvalue weighted by Crippen LogP contribution is 2.17. The average Bonchev–Trinajstić information content (AvgIpc) is 2.80. The molecule has 0 radical (unpaired) electrons. The normalized spacial score (nSPS) is 15.5. The van der Waals surface area contributed by atoms with E-state index >= 15 is 0 Å². The van der Waals surface area contributed by atoms with Gasteiger partial charge in [-0.1, -0.05) is 5.92 Å². The first kappa shape index (κ1) is 8.09. The number of amides is 1. The van der Waals surface area contributed by atoms with Gasteiger partial charge in [-0.3, -0.25) is 4.79 Å². The van der Waals surface area contributed by atoms with Crippen LogP contribution in [0, 0.1) is 12.3 Å². The molecule has 3 nitrogen and oxygen atoms in total. The Balaban J connectivity index is 1.96. The first-order valence-electron chi connectivity index (χ1n) is 3.76. The van der Waals surface area contributed by atoms with Crippen molar-refractivity contribution in [3.8, 4) is 12.3 Å². The van der Waals surface area contributed by atoms with E-state index in [1.165, 1.54) is 12.8 Å². The summed E-state index contributed by atoms with van der Waals surface area (Å²) in [7, 11) is 0. The Morgan fingerprint density at radius 2 is 2.36 bits per heavy atom. The van der Waals surface area contributed by atoms with E-state index in [9.17, 15) is 4.79 Å². The van der Waals surface area contributed by atoms with Gasteiger partial charge in [0.05, 0.1) is 13.1 Å². The molecule has 1 saturated carbocycles. The van der Waals surface area contributed by atoms with Gasteiger partial charge in [0.1, 0.15) is 0 Å². The zero-order chi connectivity index (χ0) is 8.10.